The minimum atomic E-state index is -0.570. The summed E-state index contributed by atoms with van der Waals surface area (Å²) in [6.07, 6.45) is 2.59. The van der Waals surface area contributed by atoms with E-state index in [1.165, 1.54) is 17.7 Å². The third kappa shape index (κ3) is 5.71. The third-order valence-electron chi connectivity index (χ3n) is 5.43. The number of rotatable bonds is 5. The fourth-order valence-electron chi connectivity index (χ4n) is 3.63. The Morgan fingerprint density at radius 2 is 1.70 bits per heavy atom. The number of aryl methyl sites for hydroxylation is 2. The zero-order valence-corrected chi connectivity index (χ0v) is 18.6. The highest BCUT2D eigenvalue weighted by atomic mass is 19.1. The van der Waals surface area contributed by atoms with Crippen LogP contribution < -0.4 is 10.2 Å². The highest BCUT2D eigenvalue weighted by Crippen LogP contribution is 2.21. The first-order valence-corrected chi connectivity index (χ1v) is 10.7. The van der Waals surface area contributed by atoms with Crippen LogP contribution in [0.5, 0.6) is 0 Å². The van der Waals surface area contributed by atoms with Gasteiger partial charge in [-0.15, -0.1) is 0 Å². The zero-order valence-electron chi connectivity index (χ0n) is 18.6. The largest absolute Gasteiger partial charge is 0.353 e. The van der Waals surface area contributed by atoms with Crippen LogP contribution in [0.3, 0.4) is 0 Å². The van der Waals surface area contributed by atoms with E-state index in [0.717, 1.165) is 29.7 Å². The van der Waals surface area contributed by atoms with E-state index in [4.69, 9.17) is 0 Å². The van der Waals surface area contributed by atoms with Gasteiger partial charge in [0.25, 0.3) is 0 Å². The number of hydrogen-bond donors (Lipinski definition) is 1. The Bertz CT molecular complexity index is 1170. The van der Waals surface area contributed by atoms with Gasteiger partial charge in [-0.05, 0) is 50.3 Å². The smallest absolute Gasteiger partial charge is 0.246 e. The standard InChI is InChI=1S/C25H25F2N5O/c1-17-3-7-21(8-4-17)30-23-16-24(29-18(2)28-23)31-11-13-32(14-12-31)25(33)10-5-19-15-20(26)6-9-22(19)27/h3-10,15-16H,11-14H2,1-2H3,(H,28,29,30)/b10-5+. The zero-order chi connectivity index (χ0) is 23.4. The molecule has 0 saturated carbocycles. The van der Waals surface area contributed by atoms with E-state index in [9.17, 15) is 13.6 Å². The van der Waals surface area contributed by atoms with E-state index >= 15 is 0 Å². The van der Waals surface area contributed by atoms with Crippen molar-refractivity contribution in [2.45, 2.75) is 13.8 Å². The van der Waals surface area contributed by atoms with Crippen LogP contribution in [0.2, 0.25) is 0 Å². The van der Waals surface area contributed by atoms with Crippen LogP contribution in [0.15, 0.2) is 54.6 Å². The maximum Gasteiger partial charge on any atom is 0.246 e. The number of nitrogens with zero attached hydrogens (tertiary/aromatic N) is 4. The third-order valence-corrected chi connectivity index (χ3v) is 5.43. The SMILES string of the molecule is Cc1ccc(Nc2cc(N3CCN(C(=O)/C=C/c4cc(F)ccc4F)CC3)nc(C)n2)cc1. The first-order chi connectivity index (χ1) is 15.9. The summed E-state index contributed by atoms with van der Waals surface area (Å²) in [4.78, 5) is 25.3. The lowest BCUT2D eigenvalue weighted by atomic mass is 10.2. The van der Waals surface area contributed by atoms with Gasteiger partial charge in [0.15, 0.2) is 0 Å². The van der Waals surface area contributed by atoms with E-state index in [0.29, 0.717) is 37.8 Å². The Morgan fingerprint density at radius 1 is 0.970 bits per heavy atom. The van der Waals surface area contributed by atoms with Gasteiger partial charge in [-0.3, -0.25) is 4.79 Å². The number of hydrogen-bond acceptors (Lipinski definition) is 5. The van der Waals surface area contributed by atoms with Crippen LogP contribution in [-0.4, -0.2) is 47.0 Å². The molecule has 0 aliphatic carbocycles. The molecule has 6 nitrogen and oxygen atoms in total. The van der Waals surface area contributed by atoms with Crippen molar-refractivity contribution in [3.63, 3.8) is 0 Å². The molecule has 1 saturated heterocycles. The van der Waals surface area contributed by atoms with Gasteiger partial charge in [0.2, 0.25) is 5.91 Å². The number of aromatic nitrogens is 2. The molecule has 1 aromatic heterocycles. The van der Waals surface area contributed by atoms with Crippen LogP contribution in [0.1, 0.15) is 17.0 Å². The molecular formula is C25H25F2N5O. The van der Waals surface area contributed by atoms with E-state index < -0.39 is 11.6 Å². The van der Waals surface area contributed by atoms with Gasteiger partial charge in [0, 0.05) is 49.6 Å². The number of carbonyl (C=O) groups is 1. The molecule has 0 atom stereocenters. The van der Waals surface area contributed by atoms with E-state index in [1.54, 1.807) is 4.90 Å². The lowest BCUT2D eigenvalue weighted by Gasteiger charge is -2.35. The molecule has 1 aliphatic rings. The van der Waals surface area contributed by atoms with Crippen LogP contribution in [0, 0.1) is 25.5 Å². The van der Waals surface area contributed by atoms with Crippen LogP contribution in [0.4, 0.5) is 26.1 Å². The number of piperazine rings is 1. The number of carbonyl (C=O) groups excluding carboxylic acids is 1. The predicted molar refractivity (Wildman–Crippen MR) is 125 cm³/mol. The van der Waals surface area contributed by atoms with Crippen LogP contribution >= 0.6 is 0 Å². The Kier molecular flexibility index (Phi) is 6.63. The van der Waals surface area contributed by atoms with Crippen molar-refractivity contribution in [3.05, 3.63) is 83.2 Å². The minimum Gasteiger partial charge on any atom is -0.353 e. The highest BCUT2D eigenvalue weighted by Gasteiger charge is 2.21. The highest BCUT2D eigenvalue weighted by molar-refractivity contribution is 5.92. The fourth-order valence-corrected chi connectivity index (χ4v) is 3.63. The molecule has 8 heteroatoms. The molecule has 1 aliphatic heterocycles. The van der Waals surface area contributed by atoms with Crippen molar-refractivity contribution in [1.29, 1.82) is 0 Å². The minimum absolute atomic E-state index is 0.0482. The molecular weight excluding hydrogens is 424 g/mol. The number of nitrogens with one attached hydrogen (secondary N) is 1. The summed E-state index contributed by atoms with van der Waals surface area (Å²) in [5.41, 5.74) is 2.18. The summed E-state index contributed by atoms with van der Waals surface area (Å²) in [6.45, 7) is 6.09. The van der Waals surface area contributed by atoms with Crippen molar-refractivity contribution in [2.75, 3.05) is 36.4 Å². The van der Waals surface area contributed by atoms with E-state index in [-0.39, 0.29) is 11.5 Å². The van der Waals surface area contributed by atoms with Crippen LogP contribution in [-0.2, 0) is 4.79 Å². The Hall–Kier alpha value is -3.81. The first-order valence-electron chi connectivity index (χ1n) is 10.7. The molecule has 0 radical (unpaired) electrons. The van der Waals surface area contributed by atoms with Gasteiger partial charge in [-0.25, -0.2) is 18.7 Å². The molecule has 0 unspecified atom stereocenters. The molecule has 33 heavy (non-hydrogen) atoms. The number of anilines is 3. The van der Waals surface area contributed by atoms with E-state index in [1.807, 2.05) is 44.2 Å². The van der Waals surface area contributed by atoms with Crippen molar-refractivity contribution < 1.29 is 13.6 Å². The normalized spacial score (nSPS) is 14.1. The number of benzene rings is 2. The second-order valence-electron chi connectivity index (χ2n) is 7.96. The molecule has 2 aromatic carbocycles. The molecule has 1 amide bonds. The van der Waals surface area contributed by atoms with Crippen LogP contribution in [0.25, 0.3) is 6.08 Å². The summed E-state index contributed by atoms with van der Waals surface area (Å²) in [7, 11) is 0. The van der Waals surface area contributed by atoms with E-state index in [2.05, 4.69) is 20.2 Å². The van der Waals surface area contributed by atoms with Gasteiger partial charge >= 0.3 is 0 Å². The lowest BCUT2D eigenvalue weighted by Crippen LogP contribution is -2.48. The van der Waals surface area contributed by atoms with Gasteiger partial charge in [0.1, 0.15) is 29.1 Å². The Balaban J connectivity index is 1.38. The van der Waals surface area contributed by atoms with Crippen molar-refractivity contribution >= 4 is 29.3 Å². The average molecular weight is 450 g/mol. The Morgan fingerprint density at radius 3 is 2.42 bits per heavy atom. The maximum atomic E-state index is 13.8. The van der Waals surface area contributed by atoms with Crippen molar-refractivity contribution in [3.8, 4) is 0 Å². The summed E-state index contributed by atoms with van der Waals surface area (Å²) in [6, 6.07) is 13.1. The molecule has 170 valence electrons. The summed E-state index contributed by atoms with van der Waals surface area (Å²) >= 11 is 0. The summed E-state index contributed by atoms with van der Waals surface area (Å²) in [5.74, 6) is 0.800. The maximum absolute atomic E-state index is 13.8. The molecule has 4 rings (SSSR count). The van der Waals surface area contributed by atoms with Crippen molar-refractivity contribution in [2.24, 2.45) is 0 Å². The fraction of sp³-hybridized carbons (Fsp3) is 0.240. The summed E-state index contributed by atoms with van der Waals surface area (Å²) < 4.78 is 27.1. The predicted octanol–water partition coefficient (Wildman–Crippen LogP) is 4.48. The Labute approximate surface area is 191 Å². The van der Waals surface area contributed by atoms with Gasteiger partial charge in [0.05, 0.1) is 0 Å². The van der Waals surface area contributed by atoms with Gasteiger partial charge in [-0.2, -0.15) is 0 Å². The topological polar surface area (TPSA) is 61.4 Å². The molecule has 0 bridgehead atoms. The monoisotopic (exact) mass is 449 g/mol. The summed E-state index contributed by atoms with van der Waals surface area (Å²) in [5, 5.41) is 3.31. The second-order valence-corrected chi connectivity index (χ2v) is 7.96. The molecule has 1 N–H and O–H groups in total. The average Bonchev–Trinajstić information content (AvgIpc) is 2.81. The quantitative estimate of drug-likeness (QED) is 0.582. The number of halogens is 2. The van der Waals surface area contributed by atoms with Gasteiger partial charge in [-0.1, -0.05) is 17.7 Å². The molecule has 0 spiro atoms. The van der Waals surface area contributed by atoms with Gasteiger partial charge < -0.3 is 15.1 Å². The van der Waals surface area contributed by atoms with Crippen molar-refractivity contribution in [1.82, 2.24) is 14.9 Å². The first kappa shape index (κ1) is 22.4. The lowest BCUT2D eigenvalue weighted by molar-refractivity contribution is -0.126. The number of amides is 1. The molecule has 1 fully saturated rings. The molecule has 2 heterocycles. The second kappa shape index (κ2) is 9.77. The molecule has 3 aromatic rings.